The number of fused-ring (bicyclic) bond motifs is 1. The van der Waals surface area contributed by atoms with Gasteiger partial charge in [-0.05, 0) is 38.3 Å². The third-order valence-corrected chi connectivity index (χ3v) is 3.78. The van der Waals surface area contributed by atoms with Crippen LogP contribution < -0.4 is 4.74 Å². The minimum absolute atomic E-state index is 0.124. The summed E-state index contributed by atoms with van der Waals surface area (Å²) >= 11 is 2.42. The average molecular weight is 330 g/mol. The van der Waals surface area contributed by atoms with E-state index in [9.17, 15) is 4.79 Å². The number of rotatable bonds is 0. The van der Waals surface area contributed by atoms with Crippen molar-refractivity contribution in [2.75, 3.05) is 0 Å². The number of para-hydroxylation sites is 1. The SMILES string of the molecule is CC1(C)CC(I)Cc2ccccc2OC1=O. The summed E-state index contributed by atoms with van der Waals surface area (Å²) in [6, 6.07) is 7.80. The molecule has 1 aliphatic rings. The second-order valence-corrected chi connectivity index (χ2v) is 6.65. The Morgan fingerprint density at radius 1 is 1.38 bits per heavy atom. The van der Waals surface area contributed by atoms with Crippen LogP contribution in [0.25, 0.3) is 0 Å². The Hall–Kier alpha value is -0.580. The topological polar surface area (TPSA) is 26.3 Å². The van der Waals surface area contributed by atoms with Crippen LogP contribution in [0.5, 0.6) is 5.75 Å². The van der Waals surface area contributed by atoms with E-state index < -0.39 is 0 Å². The van der Waals surface area contributed by atoms with Gasteiger partial charge in [0.2, 0.25) is 0 Å². The van der Waals surface area contributed by atoms with Gasteiger partial charge >= 0.3 is 5.97 Å². The summed E-state index contributed by atoms with van der Waals surface area (Å²) in [5.74, 6) is 0.600. The van der Waals surface area contributed by atoms with Crippen molar-refractivity contribution in [1.29, 1.82) is 0 Å². The number of carbonyl (C=O) groups is 1. The lowest BCUT2D eigenvalue weighted by atomic mass is 9.85. The zero-order chi connectivity index (χ0) is 11.8. The molecule has 3 heteroatoms. The third-order valence-electron chi connectivity index (χ3n) is 2.90. The largest absolute Gasteiger partial charge is 0.426 e. The fourth-order valence-electron chi connectivity index (χ4n) is 1.96. The van der Waals surface area contributed by atoms with E-state index in [1.807, 2.05) is 38.1 Å². The summed E-state index contributed by atoms with van der Waals surface area (Å²) in [5.41, 5.74) is 0.741. The maximum Gasteiger partial charge on any atom is 0.316 e. The molecular formula is C13H15IO2. The molecule has 1 aromatic carbocycles. The second-order valence-electron chi connectivity index (χ2n) is 4.89. The van der Waals surface area contributed by atoms with Crippen molar-refractivity contribution < 1.29 is 9.53 Å². The molecule has 86 valence electrons. The van der Waals surface area contributed by atoms with Gasteiger partial charge in [-0.3, -0.25) is 4.79 Å². The van der Waals surface area contributed by atoms with Crippen LogP contribution in [0.1, 0.15) is 25.8 Å². The van der Waals surface area contributed by atoms with Crippen LogP contribution >= 0.6 is 22.6 Å². The van der Waals surface area contributed by atoms with Crippen LogP contribution in [-0.2, 0) is 11.2 Å². The summed E-state index contributed by atoms with van der Waals surface area (Å²) in [4.78, 5) is 12.0. The van der Waals surface area contributed by atoms with Crippen molar-refractivity contribution in [3.8, 4) is 5.75 Å². The molecule has 0 amide bonds. The van der Waals surface area contributed by atoms with E-state index in [-0.39, 0.29) is 11.4 Å². The van der Waals surface area contributed by atoms with Crippen molar-refractivity contribution >= 4 is 28.6 Å². The lowest BCUT2D eigenvalue weighted by Gasteiger charge is -2.28. The summed E-state index contributed by atoms with van der Waals surface area (Å²) < 4.78 is 5.93. The Morgan fingerprint density at radius 3 is 2.81 bits per heavy atom. The van der Waals surface area contributed by atoms with E-state index in [0.717, 1.165) is 24.2 Å². The highest BCUT2D eigenvalue weighted by Gasteiger charge is 2.34. The first-order valence-corrected chi connectivity index (χ1v) is 6.68. The maximum absolute atomic E-state index is 12.0. The van der Waals surface area contributed by atoms with Crippen LogP contribution in [0.3, 0.4) is 0 Å². The molecule has 1 unspecified atom stereocenters. The molecule has 0 aliphatic carbocycles. The first kappa shape index (κ1) is 11.9. The van der Waals surface area contributed by atoms with Gasteiger partial charge < -0.3 is 4.74 Å². The van der Waals surface area contributed by atoms with E-state index in [1.54, 1.807) is 0 Å². The predicted molar refractivity (Wildman–Crippen MR) is 72.0 cm³/mol. The third kappa shape index (κ3) is 2.39. The van der Waals surface area contributed by atoms with Gasteiger partial charge in [-0.15, -0.1) is 0 Å². The van der Waals surface area contributed by atoms with E-state index in [0.29, 0.717) is 3.92 Å². The summed E-state index contributed by atoms with van der Waals surface area (Å²) in [5, 5.41) is 0. The van der Waals surface area contributed by atoms with Crippen molar-refractivity contribution in [2.24, 2.45) is 5.41 Å². The number of hydrogen-bond acceptors (Lipinski definition) is 2. The number of benzene rings is 1. The Morgan fingerprint density at radius 2 is 2.06 bits per heavy atom. The molecule has 0 saturated heterocycles. The second kappa shape index (κ2) is 4.35. The molecule has 2 nitrogen and oxygen atoms in total. The van der Waals surface area contributed by atoms with Crippen molar-refractivity contribution in [2.45, 2.75) is 30.6 Å². The molecule has 2 rings (SSSR count). The zero-order valence-corrected chi connectivity index (χ0v) is 11.7. The van der Waals surface area contributed by atoms with Gasteiger partial charge in [0.05, 0.1) is 5.41 Å². The molecule has 0 bridgehead atoms. The zero-order valence-electron chi connectivity index (χ0n) is 9.50. The molecule has 1 atom stereocenters. The smallest absolute Gasteiger partial charge is 0.316 e. The Balaban J connectivity index is 2.38. The predicted octanol–water partition coefficient (Wildman–Crippen LogP) is 3.37. The summed E-state index contributed by atoms with van der Waals surface area (Å²) in [7, 11) is 0. The van der Waals surface area contributed by atoms with Crippen LogP contribution in [0.15, 0.2) is 24.3 Å². The van der Waals surface area contributed by atoms with Gasteiger partial charge in [0.1, 0.15) is 5.75 Å². The molecule has 0 saturated carbocycles. The molecule has 0 radical (unpaired) electrons. The van der Waals surface area contributed by atoms with Gasteiger partial charge in [0.25, 0.3) is 0 Å². The number of ether oxygens (including phenoxy) is 1. The first-order valence-electron chi connectivity index (χ1n) is 5.43. The van der Waals surface area contributed by atoms with E-state index >= 15 is 0 Å². The molecule has 0 aromatic heterocycles. The van der Waals surface area contributed by atoms with E-state index in [1.165, 1.54) is 0 Å². The number of carbonyl (C=O) groups excluding carboxylic acids is 1. The van der Waals surface area contributed by atoms with E-state index in [4.69, 9.17) is 4.74 Å². The minimum Gasteiger partial charge on any atom is -0.426 e. The van der Waals surface area contributed by atoms with Gasteiger partial charge in [0, 0.05) is 3.92 Å². The van der Waals surface area contributed by atoms with Gasteiger partial charge in [-0.2, -0.15) is 0 Å². The standard InChI is InChI=1S/C13H15IO2/c1-13(2)8-10(14)7-9-5-3-4-6-11(9)16-12(13)15/h3-6,10H,7-8H2,1-2H3. The van der Waals surface area contributed by atoms with Crippen molar-refractivity contribution in [3.63, 3.8) is 0 Å². The molecular weight excluding hydrogens is 315 g/mol. The maximum atomic E-state index is 12.0. The average Bonchev–Trinajstić information content (AvgIpc) is 2.18. The molecule has 0 N–H and O–H groups in total. The van der Waals surface area contributed by atoms with Crippen LogP contribution in [-0.4, -0.2) is 9.89 Å². The first-order chi connectivity index (χ1) is 7.49. The number of esters is 1. The summed E-state index contributed by atoms with van der Waals surface area (Å²) in [6.45, 7) is 3.91. The van der Waals surface area contributed by atoms with Crippen LogP contribution in [0.4, 0.5) is 0 Å². The molecule has 1 heterocycles. The Labute approximate surface area is 110 Å². The van der Waals surface area contributed by atoms with Crippen molar-refractivity contribution in [1.82, 2.24) is 0 Å². The highest BCUT2D eigenvalue weighted by Crippen LogP contribution is 2.35. The quantitative estimate of drug-likeness (QED) is 0.316. The lowest BCUT2D eigenvalue weighted by Crippen LogP contribution is -2.34. The fourth-order valence-corrected chi connectivity index (χ4v) is 3.53. The normalized spacial score (nSPS) is 23.9. The number of alkyl halides is 1. The van der Waals surface area contributed by atoms with Gasteiger partial charge in [-0.25, -0.2) is 0 Å². The van der Waals surface area contributed by atoms with Gasteiger partial charge in [-0.1, -0.05) is 40.8 Å². The van der Waals surface area contributed by atoms with Crippen LogP contribution in [0.2, 0.25) is 0 Å². The monoisotopic (exact) mass is 330 g/mol. The highest BCUT2D eigenvalue weighted by molar-refractivity contribution is 14.1. The Bertz CT molecular complexity index is 412. The van der Waals surface area contributed by atoms with E-state index in [2.05, 4.69) is 22.6 Å². The number of halogens is 1. The molecule has 0 fully saturated rings. The van der Waals surface area contributed by atoms with Crippen LogP contribution in [0, 0.1) is 5.41 Å². The minimum atomic E-state index is -0.389. The Kier molecular flexibility index (Phi) is 3.24. The molecule has 16 heavy (non-hydrogen) atoms. The lowest BCUT2D eigenvalue weighted by molar-refractivity contribution is -0.144. The number of hydrogen-bond donors (Lipinski definition) is 0. The van der Waals surface area contributed by atoms with Gasteiger partial charge in [0.15, 0.2) is 0 Å². The molecule has 0 spiro atoms. The molecule has 1 aliphatic heterocycles. The van der Waals surface area contributed by atoms with Crippen molar-refractivity contribution in [3.05, 3.63) is 29.8 Å². The molecule has 1 aromatic rings. The highest BCUT2D eigenvalue weighted by atomic mass is 127. The summed E-state index contributed by atoms with van der Waals surface area (Å²) in [6.07, 6.45) is 1.83. The fraction of sp³-hybridized carbons (Fsp3) is 0.462.